The van der Waals surface area contributed by atoms with Gasteiger partial charge in [0, 0.05) is 33.0 Å². The van der Waals surface area contributed by atoms with Crippen LogP contribution >= 0.6 is 0 Å². The largest absolute Gasteiger partial charge is 0.384 e. The monoisotopic (exact) mass is 278 g/mol. The molecule has 1 aliphatic rings. The molecule has 0 aromatic carbocycles. The first kappa shape index (κ1) is 14.7. The molecule has 0 bridgehead atoms. The molecule has 3 N–H and O–H groups in total. The van der Waals surface area contributed by atoms with Crippen LogP contribution in [0.3, 0.4) is 0 Å². The number of aryl methyl sites for hydroxylation is 2. The minimum Gasteiger partial charge on any atom is -0.384 e. The van der Waals surface area contributed by atoms with E-state index in [-0.39, 0.29) is 18.0 Å². The minimum absolute atomic E-state index is 0.0218. The number of hydrogen-bond acceptors (Lipinski definition) is 5. The summed E-state index contributed by atoms with van der Waals surface area (Å²) in [7, 11) is 3.38. The predicted octanol–water partition coefficient (Wildman–Crippen LogP) is 0.833. The predicted molar refractivity (Wildman–Crippen MR) is 78.5 cm³/mol. The van der Waals surface area contributed by atoms with E-state index in [0.29, 0.717) is 5.56 Å². The van der Waals surface area contributed by atoms with Gasteiger partial charge in [-0.2, -0.15) is 0 Å². The summed E-state index contributed by atoms with van der Waals surface area (Å²) in [6.45, 7) is 5.26. The summed E-state index contributed by atoms with van der Waals surface area (Å²) in [6.07, 6.45) is 0.0437. The van der Waals surface area contributed by atoms with Crippen molar-refractivity contribution in [3.05, 3.63) is 23.0 Å². The number of aromatic nitrogens is 1. The maximum absolute atomic E-state index is 7.79. The molecular weight excluding hydrogens is 256 g/mol. The average Bonchev–Trinajstić information content (AvgIpc) is 2.80. The molecule has 1 fully saturated rings. The number of ether oxygens (including phenoxy) is 2. The van der Waals surface area contributed by atoms with Crippen LogP contribution in [0.5, 0.6) is 0 Å². The molecule has 1 aromatic rings. The zero-order chi connectivity index (χ0) is 14.9. The smallest absolute Gasteiger partial charge is 0.126 e. The van der Waals surface area contributed by atoms with Crippen LogP contribution in [0.4, 0.5) is 5.69 Å². The molecule has 0 saturated carbocycles. The number of methoxy groups -OCH3 is 2. The van der Waals surface area contributed by atoms with E-state index in [1.54, 1.807) is 14.2 Å². The van der Waals surface area contributed by atoms with Crippen molar-refractivity contribution in [1.82, 2.24) is 4.98 Å². The van der Waals surface area contributed by atoms with Gasteiger partial charge < -0.3 is 20.1 Å². The molecule has 1 aromatic heterocycles. The third-order valence-electron chi connectivity index (χ3n) is 3.74. The highest BCUT2D eigenvalue weighted by molar-refractivity contribution is 6.01. The van der Waals surface area contributed by atoms with Crippen molar-refractivity contribution in [2.45, 2.75) is 26.1 Å². The fraction of sp³-hybridized carbons (Fsp3) is 0.571. The van der Waals surface area contributed by atoms with E-state index in [1.807, 2.05) is 19.9 Å². The lowest BCUT2D eigenvalue weighted by molar-refractivity contribution is -0.00461. The molecular formula is C14H22N4O2. The Balaban J connectivity index is 2.40. The maximum Gasteiger partial charge on any atom is 0.126 e. The summed E-state index contributed by atoms with van der Waals surface area (Å²) in [5.41, 5.74) is 9.05. The Labute approximate surface area is 119 Å². The highest BCUT2D eigenvalue weighted by Gasteiger charge is 2.34. The Morgan fingerprint density at radius 1 is 1.30 bits per heavy atom. The lowest BCUT2D eigenvalue weighted by Crippen LogP contribution is -2.27. The Morgan fingerprint density at radius 3 is 2.30 bits per heavy atom. The first-order valence-electron chi connectivity index (χ1n) is 6.61. The van der Waals surface area contributed by atoms with Crippen LogP contribution in [-0.2, 0) is 9.47 Å². The summed E-state index contributed by atoms with van der Waals surface area (Å²) >= 11 is 0. The van der Waals surface area contributed by atoms with Crippen LogP contribution in [-0.4, -0.2) is 50.3 Å². The van der Waals surface area contributed by atoms with Crippen LogP contribution in [0, 0.1) is 19.3 Å². The third-order valence-corrected chi connectivity index (χ3v) is 3.74. The van der Waals surface area contributed by atoms with Crippen molar-refractivity contribution in [3.8, 4) is 0 Å². The average molecular weight is 278 g/mol. The van der Waals surface area contributed by atoms with E-state index in [2.05, 4.69) is 9.88 Å². The van der Waals surface area contributed by atoms with E-state index in [1.165, 1.54) is 0 Å². The fourth-order valence-corrected chi connectivity index (χ4v) is 2.78. The second kappa shape index (κ2) is 5.76. The Hall–Kier alpha value is -1.66. The van der Waals surface area contributed by atoms with Gasteiger partial charge in [0.15, 0.2) is 0 Å². The Morgan fingerprint density at radius 2 is 1.85 bits per heavy atom. The van der Waals surface area contributed by atoms with Gasteiger partial charge in [-0.25, -0.2) is 0 Å². The number of nitrogen functional groups attached to an aromatic ring is 1. The summed E-state index contributed by atoms with van der Waals surface area (Å²) < 4.78 is 10.9. The first-order valence-corrected chi connectivity index (χ1v) is 6.61. The molecule has 1 saturated heterocycles. The van der Waals surface area contributed by atoms with Gasteiger partial charge in [0.2, 0.25) is 0 Å². The molecule has 110 valence electrons. The van der Waals surface area contributed by atoms with E-state index < -0.39 is 0 Å². The van der Waals surface area contributed by atoms with Gasteiger partial charge in [0.05, 0.1) is 16.9 Å². The summed E-state index contributed by atoms with van der Waals surface area (Å²) in [6, 6.07) is 1.97. The molecule has 1 aliphatic heterocycles. The standard InChI is InChI=1S/C14H22N4O2/c1-8-5-10(13(14(15)16)9(2)17-8)18-6-11(19-3)12(7-18)20-4/h5,11-12H,6-7H2,1-4H3,(H3,15,16). The molecule has 20 heavy (non-hydrogen) atoms. The van der Waals surface area contributed by atoms with Gasteiger partial charge in [0.1, 0.15) is 18.0 Å². The molecule has 0 aliphatic carbocycles. The van der Waals surface area contributed by atoms with Crippen LogP contribution in [0.15, 0.2) is 6.07 Å². The number of rotatable bonds is 4. The molecule has 0 amide bonds. The van der Waals surface area contributed by atoms with Crippen LogP contribution in [0.2, 0.25) is 0 Å². The molecule has 2 rings (SSSR count). The Kier molecular flexibility index (Phi) is 4.25. The van der Waals surface area contributed by atoms with E-state index in [4.69, 9.17) is 20.6 Å². The second-order valence-corrected chi connectivity index (χ2v) is 5.11. The molecule has 6 heteroatoms. The highest BCUT2D eigenvalue weighted by Crippen LogP contribution is 2.28. The number of hydrogen-bond donors (Lipinski definition) is 2. The Bertz CT molecular complexity index is 506. The lowest BCUT2D eigenvalue weighted by atomic mass is 10.1. The molecule has 0 radical (unpaired) electrons. The van der Waals surface area contributed by atoms with E-state index in [0.717, 1.165) is 30.2 Å². The van der Waals surface area contributed by atoms with Crippen LogP contribution in [0.25, 0.3) is 0 Å². The van der Waals surface area contributed by atoms with Gasteiger partial charge in [-0.15, -0.1) is 0 Å². The van der Waals surface area contributed by atoms with Gasteiger partial charge in [-0.05, 0) is 19.9 Å². The van der Waals surface area contributed by atoms with Gasteiger partial charge in [0.25, 0.3) is 0 Å². The lowest BCUT2D eigenvalue weighted by Gasteiger charge is -2.22. The third kappa shape index (κ3) is 2.62. The minimum atomic E-state index is 0.0218. The number of nitrogens with one attached hydrogen (secondary N) is 1. The van der Waals surface area contributed by atoms with Crippen molar-refractivity contribution < 1.29 is 9.47 Å². The number of anilines is 1. The summed E-state index contributed by atoms with van der Waals surface area (Å²) in [5.74, 6) is 0.0415. The normalized spacial score (nSPS) is 22.3. The highest BCUT2D eigenvalue weighted by atomic mass is 16.5. The fourth-order valence-electron chi connectivity index (χ4n) is 2.78. The number of nitrogens with two attached hydrogens (primary N) is 1. The van der Waals surface area contributed by atoms with Crippen molar-refractivity contribution in [3.63, 3.8) is 0 Å². The molecule has 2 atom stereocenters. The van der Waals surface area contributed by atoms with Crippen molar-refractivity contribution in [2.75, 3.05) is 32.2 Å². The molecule has 0 spiro atoms. The van der Waals surface area contributed by atoms with Crippen molar-refractivity contribution in [1.29, 1.82) is 5.41 Å². The van der Waals surface area contributed by atoms with E-state index in [9.17, 15) is 0 Å². The van der Waals surface area contributed by atoms with Gasteiger partial charge in [-0.1, -0.05) is 0 Å². The first-order chi connectivity index (χ1) is 9.47. The SMILES string of the molecule is COC1CN(c2cc(C)nc(C)c2C(=N)N)CC1OC. The molecule has 2 unspecified atom stereocenters. The summed E-state index contributed by atoms with van der Waals surface area (Å²) in [5, 5.41) is 7.79. The van der Waals surface area contributed by atoms with Crippen LogP contribution in [0.1, 0.15) is 17.0 Å². The zero-order valence-electron chi connectivity index (χ0n) is 12.4. The topological polar surface area (TPSA) is 84.5 Å². The zero-order valence-corrected chi connectivity index (χ0v) is 12.4. The summed E-state index contributed by atoms with van der Waals surface area (Å²) in [4.78, 5) is 6.55. The molecule has 2 heterocycles. The van der Waals surface area contributed by atoms with Gasteiger partial charge >= 0.3 is 0 Å². The van der Waals surface area contributed by atoms with Crippen molar-refractivity contribution >= 4 is 11.5 Å². The second-order valence-electron chi connectivity index (χ2n) is 5.11. The van der Waals surface area contributed by atoms with Crippen LogP contribution < -0.4 is 10.6 Å². The number of nitrogens with zero attached hydrogens (tertiary/aromatic N) is 2. The quantitative estimate of drug-likeness (QED) is 0.629. The number of amidine groups is 1. The van der Waals surface area contributed by atoms with Crippen molar-refractivity contribution in [2.24, 2.45) is 5.73 Å². The number of pyridine rings is 1. The van der Waals surface area contributed by atoms with Gasteiger partial charge in [-0.3, -0.25) is 10.4 Å². The van der Waals surface area contributed by atoms with E-state index >= 15 is 0 Å². The maximum atomic E-state index is 7.79. The molecule has 6 nitrogen and oxygen atoms in total.